The van der Waals surface area contributed by atoms with Gasteiger partial charge in [-0.3, -0.25) is 9.10 Å². The van der Waals surface area contributed by atoms with Gasteiger partial charge in [-0.15, -0.1) is 0 Å². The van der Waals surface area contributed by atoms with Gasteiger partial charge < -0.3 is 4.90 Å². The number of amides is 1. The third-order valence-electron chi connectivity index (χ3n) is 5.25. The Morgan fingerprint density at radius 3 is 2.25 bits per heavy atom. The largest absolute Gasteiger partial charge is 0.341 e. The number of nitrogens with zero attached hydrogens (tertiary/aromatic N) is 2. The quantitative estimate of drug-likeness (QED) is 0.699. The Kier molecular flexibility index (Phi) is 6.62. The van der Waals surface area contributed by atoms with Crippen LogP contribution in [0.25, 0.3) is 0 Å². The van der Waals surface area contributed by atoms with Gasteiger partial charge in [-0.25, -0.2) is 8.42 Å². The second kappa shape index (κ2) is 8.97. The van der Waals surface area contributed by atoms with E-state index in [1.54, 1.807) is 54.4 Å². The minimum absolute atomic E-state index is 0.128. The highest BCUT2D eigenvalue weighted by Gasteiger charge is 2.31. The Labute approximate surface area is 172 Å². The number of carbonyl (C=O) groups excluding carboxylic acids is 1. The standard InChI is InChI=1S/C21H25ClN2O3S/c1-23(17-10-4-2-5-11-17)21(25)16-24(20-15-9-8-14-19(20)22)28(26,27)18-12-6-3-7-13-18/h3,6-9,12-15,17H,2,4-5,10-11,16H2,1H3. The average Bonchev–Trinajstić information content (AvgIpc) is 2.73. The van der Waals surface area contributed by atoms with Crippen molar-refractivity contribution in [3.8, 4) is 0 Å². The normalized spacial score (nSPS) is 15.2. The van der Waals surface area contributed by atoms with Crippen molar-refractivity contribution < 1.29 is 13.2 Å². The fraction of sp³-hybridized carbons (Fsp3) is 0.381. The van der Waals surface area contributed by atoms with E-state index in [9.17, 15) is 13.2 Å². The molecular formula is C21H25ClN2O3S. The number of anilines is 1. The van der Waals surface area contributed by atoms with Gasteiger partial charge in [0.2, 0.25) is 5.91 Å². The number of likely N-dealkylation sites (N-methyl/N-ethyl adjacent to an activating group) is 1. The molecule has 0 saturated heterocycles. The molecule has 2 aromatic rings. The molecular weight excluding hydrogens is 396 g/mol. The summed E-state index contributed by atoms with van der Waals surface area (Å²) in [6, 6.07) is 15.0. The number of carbonyl (C=O) groups is 1. The summed E-state index contributed by atoms with van der Waals surface area (Å²) in [6.07, 6.45) is 5.30. The highest BCUT2D eigenvalue weighted by atomic mass is 35.5. The van der Waals surface area contributed by atoms with E-state index in [-0.39, 0.29) is 28.4 Å². The lowest BCUT2D eigenvalue weighted by Crippen LogP contribution is -2.46. The smallest absolute Gasteiger partial charge is 0.264 e. The van der Waals surface area contributed by atoms with E-state index in [4.69, 9.17) is 11.6 Å². The number of benzene rings is 2. The lowest BCUT2D eigenvalue weighted by molar-refractivity contribution is -0.130. The maximum absolute atomic E-state index is 13.3. The summed E-state index contributed by atoms with van der Waals surface area (Å²) < 4.78 is 27.7. The van der Waals surface area contributed by atoms with Crippen molar-refractivity contribution in [2.24, 2.45) is 0 Å². The highest BCUT2D eigenvalue weighted by Crippen LogP contribution is 2.31. The molecule has 1 fully saturated rings. The van der Waals surface area contributed by atoms with Crippen LogP contribution in [-0.4, -0.2) is 38.9 Å². The van der Waals surface area contributed by atoms with Crippen molar-refractivity contribution in [2.45, 2.75) is 43.0 Å². The van der Waals surface area contributed by atoms with Crippen LogP contribution in [0, 0.1) is 0 Å². The molecule has 7 heteroatoms. The first-order chi connectivity index (χ1) is 13.4. The Bertz CT molecular complexity index is 912. The molecule has 0 heterocycles. The lowest BCUT2D eigenvalue weighted by Gasteiger charge is -2.33. The summed E-state index contributed by atoms with van der Waals surface area (Å²) in [5.41, 5.74) is 0.304. The first kappa shape index (κ1) is 20.7. The first-order valence-corrected chi connectivity index (χ1v) is 11.3. The number of rotatable bonds is 6. The van der Waals surface area contributed by atoms with E-state index in [0.29, 0.717) is 5.69 Å². The van der Waals surface area contributed by atoms with Crippen molar-refractivity contribution in [1.82, 2.24) is 4.90 Å². The van der Waals surface area contributed by atoms with Crippen molar-refractivity contribution in [3.05, 3.63) is 59.6 Å². The van der Waals surface area contributed by atoms with Crippen molar-refractivity contribution in [2.75, 3.05) is 17.9 Å². The van der Waals surface area contributed by atoms with Crippen molar-refractivity contribution in [1.29, 1.82) is 0 Å². The fourth-order valence-corrected chi connectivity index (χ4v) is 5.32. The van der Waals surface area contributed by atoms with Gasteiger partial charge >= 0.3 is 0 Å². The molecule has 1 aliphatic carbocycles. The van der Waals surface area contributed by atoms with E-state index in [1.165, 1.54) is 18.6 Å². The first-order valence-electron chi connectivity index (χ1n) is 9.49. The van der Waals surface area contributed by atoms with Crippen LogP contribution in [0.15, 0.2) is 59.5 Å². The summed E-state index contributed by atoms with van der Waals surface area (Å²) in [6.45, 7) is -0.284. The highest BCUT2D eigenvalue weighted by molar-refractivity contribution is 7.92. The monoisotopic (exact) mass is 420 g/mol. The summed E-state index contributed by atoms with van der Waals surface area (Å²) in [5.74, 6) is -0.230. The molecule has 0 aromatic heterocycles. The number of sulfonamides is 1. The van der Waals surface area contributed by atoms with Gasteiger partial charge in [0.25, 0.3) is 10.0 Å². The molecule has 0 N–H and O–H groups in total. The van der Waals surface area contributed by atoms with E-state index in [0.717, 1.165) is 30.0 Å². The van der Waals surface area contributed by atoms with Crippen LogP contribution in [-0.2, 0) is 14.8 Å². The lowest BCUT2D eigenvalue weighted by atomic mass is 9.94. The molecule has 5 nitrogen and oxygen atoms in total. The average molecular weight is 421 g/mol. The van der Waals surface area contributed by atoms with Crippen LogP contribution in [0.3, 0.4) is 0 Å². The van der Waals surface area contributed by atoms with Gasteiger partial charge in [0.05, 0.1) is 15.6 Å². The van der Waals surface area contributed by atoms with E-state index < -0.39 is 10.0 Å². The predicted molar refractivity (Wildman–Crippen MR) is 112 cm³/mol. The molecule has 0 spiro atoms. The second-order valence-electron chi connectivity index (χ2n) is 7.07. The topological polar surface area (TPSA) is 57.7 Å². The Morgan fingerprint density at radius 2 is 1.61 bits per heavy atom. The Hall–Kier alpha value is -2.05. The summed E-state index contributed by atoms with van der Waals surface area (Å²) >= 11 is 6.29. The third kappa shape index (κ3) is 4.50. The van der Waals surface area contributed by atoms with Crippen LogP contribution >= 0.6 is 11.6 Å². The molecule has 0 bridgehead atoms. The van der Waals surface area contributed by atoms with Crippen LogP contribution < -0.4 is 4.31 Å². The van der Waals surface area contributed by atoms with E-state index >= 15 is 0 Å². The summed E-state index contributed by atoms with van der Waals surface area (Å²) in [4.78, 5) is 14.8. The molecule has 1 amide bonds. The molecule has 3 rings (SSSR count). The van der Waals surface area contributed by atoms with Crippen molar-refractivity contribution >= 4 is 33.2 Å². The molecule has 0 radical (unpaired) electrons. The van der Waals surface area contributed by atoms with Gasteiger partial charge in [-0.2, -0.15) is 0 Å². The number of hydrogen-bond donors (Lipinski definition) is 0. The maximum atomic E-state index is 13.3. The minimum atomic E-state index is -3.93. The van der Waals surface area contributed by atoms with Crippen molar-refractivity contribution in [3.63, 3.8) is 0 Å². The third-order valence-corrected chi connectivity index (χ3v) is 7.34. The molecule has 0 aliphatic heterocycles. The van der Waals surface area contributed by atoms with E-state index in [1.807, 2.05) is 0 Å². The Balaban J connectivity index is 1.93. The van der Waals surface area contributed by atoms with Gasteiger partial charge in [0.15, 0.2) is 0 Å². The zero-order chi connectivity index (χ0) is 20.1. The van der Waals surface area contributed by atoms with E-state index in [2.05, 4.69) is 0 Å². The van der Waals surface area contributed by atoms with Crippen LogP contribution in [0.4, 0.5) is 5.69 Å². The molecule has 2 aromatic carbocycles. The maximum Gasteiger partial charge on any atom is 0.264 e. The van der Waals surface area contributed by atoms with Gasteiger partial charge in [0, 0.05) is 13.1 Å². The molecule has 1 aliphatic rings. The van der Waals surface area contributed by atoms with Crippen LogP contribution in [0.1, 0.15) is 32.1 Å². The zero-order valence-corrected chi connectivity index (χ0v) is 17.5. The number of para-hydroxylation sites is 1. The molecule has 1 saturated carbocycles. The molecule has 150 valence electrons. The molecule has 0 unspecified atom stereocenters. The van der Waals surface area contributed by atoms with Crippen LogP contribution in [0.5, 0.6) is 0 Å². The van der Waals surface area contributed by atoms with Crippen LogP contribution in [0.2, 0.25) is 5.02 Å². The fourth-order valence-electron chi connectivity index (χ4n) is 3.58. The Morgan fingerprint density at radius 1 is 1.00 bits per heavy atom. The minimum Gasteiger partial charge on any atom is -0.341 e. The summed E-state index contributed by atoms with van der Waals surface area (Å²) in [7, 11) is -2.17. The van der Waals surface area contributed by atoms with Gasteiger partial charge in [-0.1, -0.05) is 61.2 Å². The second-order valence-corrected chi connectivity index (χ2v) is 9.34. The molecule has 0 atom stereocenters. The predicted octanol–water partition coefficient (Wildman–Crippen LogP) is 4.33. The molecule has 28 heavy (non-hydrogen) atoms. The zero-order valence-electron chi connectivity index (χ0n) is 15.9. The summed E-state index contributed by atoms with van der Waals surface area (Å²) in [5, 5.41) is 0.287. The SMILES string of the molecule is CN(C(=O)CN(c1ccccc1Cl)S(=O)(=O)c1ccccc1)C1CCCCC1. The van der Waals surface area contributed by atoms with Gasteiger partial charge in [0.1, 0.15) is 6.54 Å². The number of halogens is 1. The van der Waals surface area contributed by atoms with Gasteiger partial charge in [-0.05, 0) is 37.1 Å². The number of hydrogen-bond acceptors (Lipinski definition) is 3.